The maximum atomic E-state index is 6.84. The van der Waals surface area contributed by atoms with Crippen LogP contribution in [0.3, 0.4) is 0 Å². The summed E-state index contributed by atoms with van der Waals surface area (Å²) in [6.07, 6.45) is 24.4. The number of fused-ring (bicyclic) bond motifs is 6. The number of allylic oxidation sites excluding steroid dienone is 12. The standard InChI is InChI=1S/C48H36Cl4N4/c1-53(39-17-11-35(49)12-18-39)43-23-27-55(45-29-37(51)15-21-41(43)45)47(31-3-4-32(47)6-5-31)25-26-48(33-7-8-34(48)10-9-33)56-28-24-44(42-22-16-38(52)30-46(42)56)54(2)40-19-13-36(50)14-20-40/h3-24,27-30H,25-26H2,1-2H3/q+2. The number of anilines is 4. The van der Waals surface area contributed by atoms with E-state index in [0.717, 1.165) is 57.4 Å². The zero-order valence-corrected chi connectivity index (χ0v) is 33.7. The third kappa shape index (κ3) is 5.27. The highest BCUT2D eigenvalue weighted by Crippen LogP contribution is 2.52. The van der Waals surface area contributed by atoms with Crippen molar-refractivity contribution >= 4 is 91.0 Å². The van der Waals surface area contributed by atoms with E-state index >= 15 is 0 Å². The molecule has 8 heteroatoms. The summed E-state index contributed by atoms with van der Waals surface area (Å²) in [6.45, 7) is 0. The predicted molar refractivity (Wildman–Crippen MR) is 233 cm³/mol. The summed E-state index contributed by atoms with van der Waals surface area (Å²) in [6, 6.07) is 32.8. The van der Waals surface area contributed by atoms with Crippen LogP contribution in [0.25, 0.3) is 21.8 Å². The molecule has 6 aromatic rings. The number of pyridine rings is 2. The lowest BCUT2D eigenvalue weighted by Crippen LogP contribution is -2.60. The van der Waals surface area contributed by atoms with E-state index in [4.69, 9.17) is 46.4 Å². The van der Waals surface area contributed by atoms with Gasteiger partial charge in [0.2, 0.25) is 22.1 Å². The quantitative estimate of drug-likeness (QED) is 0.135. The second-order valence-electron chi connectivity index (χ2n) is 14.9. The van der Waals surface area contributed by atoms with Crippen LogP contribution < -0.4 is 18.9 Å². The van der Waals surface area contributed by atoms with Gasteiger partial charge in [-0.05, 0) is 72.8 Å². The van der Waals surface area contributed by atoms with Crippen LogP contribution in [0.5, 0.6) is 0 Å². The fourth-order valence-corrected chi connectivity index (χ4v) is 10.0. The molecule has 4 nitrogen and oxygen atoms in total. The fourth-order valence-electron chi connectivity index (χ4n) is 9.44. The van der Waals surface area contributed by atoms with Crippen molar-refractivity contribution in [2.24, 2.45) is 0 Å². The third-order valence-corrected chi connectivity index (χ3v) is 13.2. The van der Waals surface area contributed by atoms with E-state index in [-0.39, 0.29) is 0 Å². The van der Waals surface area contributed by atoms with Gasteiger partial charge in [-0.1, -0.05) is 95.0 Å². The molecule has 0 amide bonds. The Morgan fingerprint density at radius 1 is 0.446 bits per heavy atom. The van der Waals surface area contributed by atoms with Crippen LogP contribution in [0.15, 0.2) is 180 Å². The highest BCUT2D eigenvalue weighted by molar-refractivity contribution is 6.32. The number of halogens is 4. The molecule has 0 saturated carbocycles. The zero-order chi connectivity index (χ0) is 38.3. The van der Waals surface area contributed by atoms with Gasteiger partial charge in [-0.2, -0.15) is 9.13 Å². The van der Waals surface area contributed by atoms with Crippen molar-refractivity contribution in [3.8, 4) is 0 Å². The molecular weight excluding hydrogens is 774 g/mol. The lowest BCUT2D eigenvalue weighted by Gasteiger charge is -2.32. The molecule has 4 aromatic carbocycles. The smallest absolute Gasteiger partial charge is 0.219 e. The molecule has 2 aromatic heterocycles. The molecule has 4 aliphatic rings. The summed E-state index contributed by atoms with van der Waals surface area (Å²) in [4.78, 5) is 4.42. The molecule has 0 saturated heterocycles. The second kappa shape index (κ2) is 13.2. The molecule has 0 spiro atoms. The van der Waals surface area contributed by atoms with Crippen LogP contribution >= 0.6 is 46.4 Å². The van der Waals surface area contributed by atoms with E-state index in [1.165, 1.54) is 22.3 Å². The van der Waals surface area contributed by atoms with Crippen molar-refractivity contribution in [3.05, 3.63) is 200 Å². The molecule has 274 valence electrons. The third-order valence-electron chi connectivity index (χ3n) is 12.3. The lowest BCUT2D eigenvalue weighted by molar-refractivity contribution is -0.734. The average Bonchev–Trinajstić information content (AvgIpc) is 3.96. The van der Waals surface area contributed by atoms with Crippen molar-refractivity contribution in [1.29, 1.82) is 0 Å². The Hall–Kier alpha value is -5.10. The maximum absolute atomic E-state index is 6.84. The van der Waals surface area contributed by atoms with Crippen molar-refractivity contribution in [1.82, 2.24) is 0 Å². The molecule has 2 heterocycles. The minimum Gasteiger partial charge on any atom is -0.344 e. The number of hydrogen-bond donors (Lipinski definition) is 0. The van der Waals surface area contributed by atoms with Crippen molar-refractivity contribution < 1.29 is 9.13 Å². The minimum atomic E-state index is -0.445. The molecule has 10 rings (SSSR count). The number of aromatic nitrogens is 2. The number of benzene rings is 4. The van der Waals surface area contributed by atoms with Crippen molar-refractivity contribution in [2.45, 2.75) is 23.9 Å². The Labute approximate surface area is 346 Å². The zero-order valence-electron chi connectivity index (χ0n) is 30.7. The van der Waals surface area contributed by atoms with Gasteiger partial charge in [0.05, 0.1) is 22.1 Å². The monoisotopic (exact) mass is 808 g/mol. The largest absolute Gasteiger partial charge is 0.344 e. The van der Waals surface area contributed by atoms with Gasteiger partial charge >= 0.3 is 0 Å². The Morgan fingerprint density at radius 2 is 0.786 bits per heavy atom. The van der Waals surface area contributed by atoms with Crippen LogP contribution in [-0.2, 0) is 11.1 Å². The first-order valence-corrected chi connectivity index (χ1v) is 20.2. The summed E-state index contributed by atoms with van der Waals surface area (Å²) in [5.74, 6) is 0. The van der Waals surface area contributed by atoms with E-state index in [0.29, 0.717) is 20.1 Å². The summed E-state index contributed by atoms with van der Waals surface area (Å²) < 4.78 is 4.92. The summed E-state index contributed by atoms with van der Waals surface area (Å²) in [5.41, 5.74) is 10.6. The van der Waals surface area contributed by atoms with E-state index in [1.807, 2.05) is 60.7 Å². The van der Waals surface area contributed by atoms with Gasteiger partial charge in [0.15, 0.2) is 12.4 Å². The van der Waals surface area contributed by atoms with Gasteiger partial charge < -0.3 is 9.80 Å². The van der Waals surface area contributed by atoms with Gasteiger partial charge in [0.25, 0.3) is 0 Å². The molecular formula is C48H36Cl4N4+2. The van der Waals surface area contributed by atoms with Gasteiger partial charge in [0.1, 0.15) is 0 Å². The van der Waals surface area contributed by atoms with E-state index in [9.17, 15) is 0 Å². The highest BCUT2D eigenvalue weighted by atomic mass is 35.5. The Morgan fingerprint density at radius 3 is 1.12 bits per heavy atom. The molecule has 0 N–H and O–H groups in total. The fraction of sp³-hybridized carbons (Fsp3) is 0.125. The summed E-state index contributed by atoms with van der Waals surface area (Å²) in [5, 5.41) is 5.03. The number of nitrogens with zero attached hydrogens (tertiary/aromatic N) is 4. The van der Waals surface area contributed by atoms with Gasteiger partial charge in [-0.15, -0.1) is 0 Å². The predicted octanol–water partition coefficient (Wildman–Crippen LogP) is 12.5. The van der Waals surface area contributed by atoms with Gasteiger partial charge in [-0.25, -0.2) is 0 Å². The molecule has 56 heavy (non-hydrogen) atoms. The molecule has 0 atom stereocenters. The van der Waals surface area contributed by atoms with Crippen molar-refractivity contribution in [2.75, 3.05) is 23.9 Å². The van der Waals surface area contributed by atoms with Crippen molar-refractivity contribution in [3.63, 3.8) is 0 Å². The van der Waals surface area contributed by atoms with Crippen LogP contribution in [-0.4, -0.2) is 14.1 Å². The normalized spacial score (nSPS) is 16.8. The van der Waals surface area contributed by atoms with Crippen LogP contribution in [0, 0.1) is 0 Å². The first-order valence-electron chi connectivity index (χ1n) is 18.7. The molecule has 4 bridgehead atoms. The topological polar surface area (TPSA) is 14.2 Å². The van der Waals surface area contributed by atoms with Gasteiger partial charge in [-0.3, -0.25) is 0 Å². The Bertz CT molecular complexity index is 2590. The first kappa shape index (κ1) is 35.3. The van der Waals surface area contributed by atoms with Gasteiger partial charge in [0, 0.05) is 105 Å². The second-order valence-corrected chi connectivity index (χ2v) is 16.7. The molecule has 0 unspecified atom stereocenters. The summed E-state index contributed by atoms with van der Waals surface area (Å²) >= 11 is 26.2. The number of rotatable bonds is 9. The Balaban J connectivity index is 1.11. The molecule has 0 aliphatic heterocycles. The highest BCUT2D eigenvalue weighted by Gasteiger charge is 2.58. The maximum Gasteiger partial charge on any atom is 0.219 e. The van der Waals surface area contributed by atoms with E-state index in [1.54, 1.807) is 0 Å². The van der Waals surface area contributed by atoms with E-state index < -0.39 is 11.1 Å². The van der Waals surface area contributed by atoms with Crippen LogP contribution in [0.2, 0.25) is 20.1 Å². The number of hydrogen-bond acceptors (Lipinski definition) is 2. The lowest BCUT2D eigenvalue weighted by atomic mass is 9.77. The first-order chi connectivity index (χ1) is 27.2. The molecule has 0 fully saturated rings. The van der Waals surface area contributed by atoms with Crippen LogP contribution in [0.4, 0.5) is 22.7 Å². The van der Waals surface area contributed by atoms with Crippen LogP contribution in [0.1, 0.15) is 12.8 Å². The molecule has 4 aliphatic carbocycles. The SMILES string of the molecule is CN(c1ccc(Cl)cc1)c1cc[n+](C2(CCC3([n+]4ccc(N(C)c5ccc(Cl)cc5)c5ccc(Cl)cc54)C4=CC=C3C=C4)C3=CC=C2C=C3)c2cc(Cl)ccc12. The summed E-state index contributed by atoms with van der Waals surface area (Å²) in [7, 11) is 4.19. The Kier molecular flexibility index (Phi) is 8.36. The molecule has 0 radical (unpaired) electrons. The minimum absolute atomic E-state index is 0.445. The van der Waals surface area contributed by atoms with E-state index in [2.05, 4.69) is 130 Å². The average molecular weight is 811 g/mol.